The second kappa shape index (κ2) is 5.02. The van der Waals surface area contributed by atoms with Crippen LogP contribution >= 0.6 is 0 Å². The van der Waals surface area contributed by atoms with Crippen LogP contribution in [-0.4, -0.2) is 37.7 Å². The third-order valence-electron chi connectivity index (χ3n) is 2.14. The fourth-order valence-corrected chi connectivity index (χ4v) is 1.68. The molecular weight excluding hydrogens is 306 g/mol. The van der Waals surface area contributed by atoms with Crippen LogP contribution in [0.4, 0.5) is 26.3 Å². The van der Waals surface area contributed by atoms with Gasteiger partial charge in [0.05, 0.1) is 5.92 Å². The summed E-state index contributed by atoms with van der Waals surface area (Å²) in [4.78, 5) is 8.15. The Labute approximate surface area is 103 Å². The molecule has 0 aromatic carbocycles. The first-order chi connectivity index (χ1) is 8.44. The summed E-state index contributed by atoms with van der Waals surface area (Å²) >= 11 is 0. The minimum Gasteiger partial charge on any atom is -0.446 e. The molecule has 1 fully saturated rings. The molecule has 1 aliphatic rings. The molecule has 1 atom stereocenters. The molecule has 0 saturated heterocycles. The molecule has 1 rings (SSSR count). The average Bonchev–Trinajstić information content (AvgIpc) is 2.94. The number of alkyl halides is 6. The van der Waals surface area contributed by atoms with Gasteiger partial charge in [0.15, 0.2) is 0 Å². The van der Waals surface area contributed by atoms with Gasteiger partial charge >= 0.3 is 18.3 Å². The lowest BCUT2D eigenvalue weighted by Gasteiger charge is -2.22. The fraction of sp³-hybridized carbons (Fsp3) is 0.750. The van der Waals surface area contributed by atoms with Crippen LogP contribution in [0.15, 0.2) is 0 Å². The monoisotopic (exact) mass is 312 g/mol. The SMILES string of the molecule is O=C(OC(C(=S(=O)=O)C(F)(F)F)C(F)(F)F)C1CC1. The van der Waals surface area contributed by atoms with Crippen LogP contribution in [0, 0.1) is 5.92 Å². The third-order valence-corrected chi connectivity index (χ3v) is 2.94. The first-order valence-corrected chi connectivity index (χ1v) is 5.82. The van der Waals surface area contributed by atoms with E-state index < -0.39 is 45.5 Å². The number of hydrogen-bond acceptors (Lipinski definition) is 4. The molecule has 110 valence electrons. The molecule has 19 heavy (non-hydrogen) atoms. The summed E-state index contributed by atoms with van der Waals surface area (Å²) < 4.78 is 98.6. The lowest BCUT2D eigenvalue weighted by Crippen LogP contribution is -2.47. The van der Waals surface area contributed by atoms with Crippen molar-refractivity contribution in [2.45, 2.75) is 31.3 Å². The first kappa shape index (κ1) is 15.8. The summed E-state index contributed by atoms with van der Waals surface area (Å²) in [5.74, 6) is -2.39. The van der Waals surface area contributed by atoms with Gasteiger partial charge in [0.25, 0.3) is 0 Å². The molecular formula is C8H6F6O4S. The maximum atomic E-state index is 12.4. The van der Waals surface area contributed by atoms with E-state index in [2.05, 4.69) is 4.74 Å². The quantitative estimate of drug-likeness (QED) is 0.450. The summed E-state index contributed by atoms with van der Waals surface area (Å²) in [7, 11) is -4.21. The molecule has 1 aliphatic carbocycles. The zero-order valence-electron chi connectivity index (χ0n) is 8.88. The normalized spacial score (nSPS) is 17.8. The van der Waals surface area contributed by atoms with Gasteiger partial charge in [-0.05, 0) is 12.8 Å². The molecule has 4 nitrogen and oxygen atoms in total. The van der Waals surface area contributed by atoms with E-state index >= 15 is 0 Å². The molecule has 0 amide bonds. The maximum Gasteiger partial charge on any atom is 0.431 e. The molecule has 0 radical (unpaired) electrons. The van der Waals surface area contributed by atoms with Crippen molar-refractivity contribution in [3.05, 3.63) is 0 Å². The average molecular weight is 312 g/mol. The number of halogens is 6. The summed E-state index contributed by atoms with van der Waals surface area (Å²) in [6, 6.07) is 0. The third kappa shape index (κ3) is 4.11. The number of rotatable bonds is 3. The summed E-state index contributed by atoms with van der Waals surface area (Å²) in [5, 5.41) is 0. The Morgan fingerprint density at radius 3 is 1.84 bits per heavy atom. The topological polar surface area (TPSA) is 60.4 Å². The lowest BCUT2D eigenvalue weighted by molar-refractivity contribution is -0.208. The van der Waals surface area contributed by atoms with E-state index in [1.54, 1.807) is 0 Å². The Hall–Kier alpha value is -1.26. The Morgan fingerprint density at radius 1 is 1.11 bits per heavy atom. The highest BCUT2D eigenvalue weighted by atomic mass is 32.2. The largest absolute Gasteiger partial charge is 0.446 e. The molecule has 0 aromatic rings. The van der Waals surface area contributed by atoms with Crippen LogP contribution in [-0.2, 0) is 19.8 Å². The molecule has 1 saturated carbocycles. The van der Waals surface area contributed by atoms with E-state index in [4.69, 9.17) is 0 Å². The van der Waals surface area contributed by atoms with Crippen molar-refractivity contribution in [2.75, 3.05) is 0 Å². The van der Waals surface area contributed by atoms with Crippen molar-refractivity contribution in [1.82, 2.24) is 0 Å². The van der Waals surface area contributed by atoms with Crippen molar-refractivity contribution in [3.8, 4) is 0 Å². The zero-order chi connectivity index (χ0) is 15.0. The summed E-state index contributed by atoms with van der Waals surface area (Å²) in [5.41, 5.74) is 0. The second-order valence-electron chi connectivity index (χ2n) is 3.73. The van der Waals surface area contributed by atoms with Crippen molar-refractivity contribution in [2.24, 2.45) is 5.92 Å². The van der Waals surface area contributed by atoms with Gasteiger partial charge in [-0.15, -0.1) is 0 Å². The van der Waals surface area contributed by atoms with E-state index in [9.17, 15) is 39.6 Å². The van der Waals surface area contributed by atoms with Gasteiger partial charge in [-0.3, -0.25) is 4.79 Å². The number of carbonyl (C=O) groups is 1. The minimum atomic E-state index is -5.78. The molecule has 0 bridgehead atoms. The number of carbonyl (C=O) groups excluding carboxylic acids is 1. The maximum absolute atomic E-state index is 12.4. The van der Waals surface area contributed by atoms with Gasteiger partial charge in [-0.2, -0.15) is 34.8 Å². The number of esters is 1. The van der Waals surface area contributed by atoms with Gasteiger partial charge in [-0.25, -0.2) is 0 Å². The van der Waals surface area contributed by atoms with Crippen molar-refractivity contribution in [1.29, 1.82) is 0 Å². The Morgan fingerprint density at radius 2 is 1.58 bits per heavy atom. The van der Waals surface area contributed by atoms with Gasteiger partial charge < -0.3 is 4.74 Å². The van der Waals surface area contributed by atoms with Crippen LogP contribution in [0.3, 0.4) is 0 Å². The van der Waals surface area contributed by atoms with Crippen LogP contribution in [0.1, 0.15) is 12.8 Å². The van der Waals surface area contributed by atoms with E-state index in [-0.39, 0.29) is 12.8 Å². The molecule has 0 aromatic heterocycles. The fourth-order valence-electron chi connectivity index (χ4n) is 1.13. The van der Waals surface area contributed by atoms with E-state index in [0.29, 0.717) is 0 Å². The molecule has 0 heterocycles. The van der Waals surface area contributed by atoms with Gasteiger partial charge in [-0.1, -0.05) is 0 Å². The van der Waals surface area contributed by atoms with E-state index in [0.717, 1.165) is 0 Å². The minimum absolute atomic E-state index is 0.200. The predicted molar refractivity (Wildman–Crippen MR) is 48.6 cm³/mol. The first-order valence-electron chi connectivity index (χ1n) is 4.75. The summed E-state index contributed by atoms with van der Waals surface area (Å²) in [6.07, 6.45) is -14.9. The van der Waals surface area contributed by atoms with E-state index in [1.165, 1.54) is 0 Å². The molecule has 0 spiro atoms. The standard InChI is InChI=1S/C8H6F6O4S/c9-7(10,11)4(18-6(15)3-1-2-3)5(19(16)17)8(12,13)14/h3-4H,1-2H2. The predicted octanol–water partition coefficient (Wildman–Crippen LogP) is 1.48. The highest BCUT2D eigenvalue weighted by Crippen LogP contribution is 2.35. The van der Waals surface area contributed by atoms with Crippen molar-refractivity contribution < 1.29 is 44.3 Å². The van der Waals surface area contributed by atoms with Crippen molar-refractivity contribution >= 4 is 21.1 Å². The highest BCUT2D eigenvalue weighted by molar-refractivity contribution is 7.73. The Balaban J connectivity index is 3.16. The van der Waals surface area contributed by atoms with Gasteiger partial charge in [0, 0.05) is 0 Å². The van der Waals surface area contributed by atoms with Crippen LogP contribution in [0.2, 0.25) is 0 Å². The zero-order valence-corrected chi connectivity index (χ0v) is 9.69. The molecule has 11 heteroatoms. The lowest BCUT2D eigenvalue weighted by atomic mass is 10.2. The van der Waals surface area contributed by atoms with Crippen LogP contribution in [0.25, 0.3) is 0 Å². The molecule has 1 unspecified atom stereocenters. The Bertz CT molecular complexity index is 490. The van der Waals surface area contributed by atoms with Crippen LogP contribution < -0.4 is 0 Å². The Kier molecular flexibility index (Phi) is 4.17. The highest BCUT2D eigenvalue weighted by Gasteiger charge is 2.57. The number of hydrogen-bond donors (Lipinski definition) is 0. The summed E-state index contributed by atoms with van der Waals surface area (Å²) in [6.45, 7) is 0. The van der Waals surface area contributed by atoms with Crippen LogP contribution in [0.5, 0.6) is 0 Å². The molecule has 0 N–H and O–H groups in total. The van der Waals surface area contributed by atoms with Gasteiger partial charge in [0.2, 0.25) is 21.3 Å². The van der Waals surface area contributed by atoms with Crippen molar-refractivity contribution in [3.63, 3.8) is 0 Å². The molecule has 0 aliphatic heterocycles. The van der Waals surface area contributed by atoms with Gasteiger partial charge in [0.1, 0.15) is 0 Å². The smallest absolute Gasteiger partial charge is 0.431 e. The second-order valence-corrected chi connectivity index (χ2v) is 4.64. The number of ether oxygens (including phenoxy) is 1. The van der Waals surface area contributed by atoms with E-state index in [1.807, 2.05) is 0 Å².